The third kappa shape index (κ3) is 2.55. The summed E-state index contributed by atoms with van der Waals surface area (Å²) in [6, 6.07) is 10.3. The summed E-state index contributed by atoms with van der Waals surface area (Å²) in [5, 5.41) is -0.279. The van der Waals surface area contributed by atoms with Crippen molar-refractivity contribution in [3.8, 4) is 0 Å². The van der Waals surface area contributed by atoms with Crippen LogP contribution in [0, 0.1) is 0 Å². The van der Waals surface area contributed by atoms with Gasteiger partial charge in [0.05, 0.1) is 11.2 Å². The van der Waals surface area contributed by atoms with Gasteiger partial charge >= 0.3 is 0 Å². The molecule has 1 aliphatic rings. The van der Waals surface area contributed by atoms with Crippen LogP contribution in [0.25, 0.3) is 0 Å². The van der Waals surface area contributed by atoms with Crippen LogP contribution in [0.4, 0.5) is 0 Å². The van der Waals surface area contributed by atoms with Crippen molar-refractivity contribution in [2.45, 2.75) is 10.3 Å². The summed E-state index contributed by atoms with van der Waals surface area (Å²) >= 11 is 4.89. The first-order chi connectivity index (χ1) is 9.59. The first-order valence-corrected chi connectivity index (χ1v) is 9.29. The van der Waals surface area contributed by atoms with Crippen LogP contribution in [0.2, 0.25) is 0 Å². The molecular weight excluding hydrogens is 362 g/mol. The van der Waals surface area contributed by atoms with Crippen LogP contribution in [0.5, 0.6) is 0 Å². The minimum atomic E-state index is -3.50. The topological polar surface area (TPSA) is 50.5 Å². The van der Waals surface area contributed by atoms with Crippen molar-refractivity contribution in [2.75, 3.05) is 12.3 Å². The number of hydrogen-bond acceptors (Lipinski definition) is 4. The fourth-order valence-electron chi connectivity index (χ4n) is 2.10. The van der Waals surface area contributed by atoms with E-state index in [9.17, 15) is 8.42 Å². The van der Waals surface area contributed by atoms with Crippen LogP contribution in [0.1, 0.15) is 11.1 Å². The van der Waals surface area contributed by atoms with Crippen molar-refractivity contribution in [2.24, 2.45) is 0 Å². The molecule has 1 unspecified atom stereocenters. The number of halogens is 1. The number of nitrogens with zero attached hydrogens (tertiary/aromatic N) is 1. The number of rotatable bonds is 3. The predicted octanol–water partition coefficient (Wildman–Crippen LogP) is 3.48. The number of thioether (sulfide) groups is 1. The van der Waals surface area contributed by atoms with Gasteiger partial charge in [0.15, 0.2) is 0 Å². The summed E-state index contributed by atoms with van der Waals surface area (Å²) in [6.45, 7) is 0.494. The lowest BCUT2D eigenvalue weighted by Gasteiger charge is -2.21. The van der Waals surface area contributed by atoms with Gasteiger partial charge in [0.25, 0.3) is 0 Å². The van der Waals surface area contributed by atoms with Crippen LogP contribution in [0.3, 0.4) is 0 Å². The molecule has 2 heterocycles. The van der Waals surface area contributed by atoms with Gasteiger partial charge in [-0.05, 0) is 36.4 Å². The van der Waals surface area contributed by atoms with E-state index in [0.717, 1.165) is 10.2 Å². The van der Waals surface area contributed by atoms with E-state index in [1.54, 1.807) is 48.4 Å². The van der Waals surface area contributed by atoms with Gasteiger partial charge in [-0.3, -0.25) is 0 Å². The minimum absolute atomic E-state index is 0.279. The molecule has 0 spiro atoms. The third-order valence-corrected chi connectivity index (χ3v) is 6.82. The molecule has 2 aromatic rings. The molecule has 4 nitrogen and oxygen atoms in total. The highest BCUT2D eigenvalue weighted by Gasteiger charge is 2.38. The van der Waals surface area contributed by atoms with Crippen molar-refractivity contribution in [3.63, 3.8) is 0 Å². The Bertz CT molecular complexity index is 683. The van der Waals surface area contributed by atoms with Gasteiger partial charge in [0.1, 0.15) is 11.1 Å². The van der Waals surface area contributed by atoms with Gasteiger partial charge in [-0.25, -0.2) is 8.42 Å². The van der Waals surface area contributed by atoms with E-state index in [-0.39, 0.29) is 5.37 Å². The maximum absolute atomic E-state index is 12.7. The van der Waals surface area contributed by atoms with Crippen LogP contribution in [-0.2, 0) is 10.0 Å². The van der Waals surface area contributed by atoms with Gasteiger partial charge in [-0.2, -0.15) is 4.31 Å². The molecule has 1 saturated heterocycles. The molecule has 0 bridgehead atoms. The van der Waals surface area contributed by atoms with Crippen molar-refractivity contribution in [3.05, 3.63) is 52.9 Å². The van der Waals surface area contributed by atoms with Gasteiger partial charge in [-0.1, -0.05) is 15.9 Å². The van der Waals surface area contributed by atoms with Gasteiger partial charge in [0.2, 0.25) is 10.0 Å². The van der Waals surface area contributed by atoms with E-state index in [1.807, 2.05) is 6.07 Å². The standard InChI is InChI=1S/C13H12BrNO3S2/c14-10-3-5-11(6-4-10)20(16,17)15-7-9-19-13(15)12-2-1-8-18-12/h1-6,8,13H,7,9H2. The molecule has 0 N–H and O–H groups in total. The van der Waals surface area contributed by atoms with Gasteiger partial charge < -0.3 is 4.42 Å². The number of benzene rings is 1. The highest BCUT2D eigenvalue weighted by Crippen LogP contribution is 2.41. The third-order valence-electron chi connectivity index (χ3n) is 3.06. The molecule has 0 amide bonds. The van der Waals surface area contributed by atoms with E-state index in [2.05, 4.69) is 15.9 Å². The molecular formula is C13H12BrNO3S2. The Kier molecular flexibility index (Phi) is 3.94. The summed E-state index contributed by atoms with van der Waals surface area (Å²) < 4.78 is 33.1. The second-order valence-corrected chi connectivity index (χ2v) is 8.30. The van der Waals surface area contributed by atoms with Crippen LogP contribution < -0.4 is 0 Å². The largest absolute Gasteiger partial charge is 0.467 e. The highest BCUT2D eigenvalue weighted by molar-refractivity contribution is 9.10. The zero-order valence-electron chi connectivity index (χ0n) is 10.4. The fourth-order valence-corrected chi connectivity index (χ4v) is 5.53. The van der Waals surface area contributed by atoms with Crippen LogP contribution >= 0.6 is 27.7 Å². The fraction of sp³-hybridized carbons (Fsp3) is 0.231. The first kappa shape index (κ1) is 14.2. The normalized spacial score (nSPS) is 20.4. The summed E-state index contributed by atoms with van der Waals surface area (Å²) in [6.07, 6.45) is 1.57. The SMILES string of the molecule is O=S(=O)(c1ccc(Br)cc1)N1CCSC1c1ccco1. The second-order valence-electron chi connectivity index (χ2n) is 4.31. The number of furan rings is 1. The van der Waals surface area contributed by atoms with E-state index < -0.39 is 10.0 Å². The molecule has 0 saturated carbocycles. The Hall–Kier alpha value is -0.760. The van der Waals surface area contributed by atoms with Crippen molar-refractivity contribution in [1.82, 2.24) is 4.31 Å². The lowest BCUT2D eigenvalue weighted by Crippen LogP contribution is -2.30. The van der Waals surface area contributed by atoms with Gasteiger partial charge in [-0.15, -0.1) is 11.8 Å². The molecule has 1 fully saturated rings. The monoisotopic (exact) mass is 373 g/mol. The van der Waals surface area contributed by atoms with E-state index >= 15 is 0 Å². The highest BCUT2D eigenvalue weighted by atomic mass is 79.9. The number of sulfonamides is 1. The van der Waals surface area contributed by atoms with Crippen molar-refractivity contribution < 1.29 is 12.8 Å². The molecule has 20 heavy (non-hydrogen) atoms. The summed E-state index contributed by atoms with van der Waals surface area (Å²) in [4.78, 5) is 0.305. The lowest BCUT2D eigenvalue weighted by molar-refractivity contribution is 0.383. The first-order valence-electron chi connectivity index (χ1n) is 6.01. The average Bonchev–Trinajstić information content (AvgIpc) is 3.10. The number of hydrogen-bond donors (Lipinski definition) is 0. The zero-order chi connectivity index (χ0) is 14.2. The zero-order valence-corrected chi connectivity index (χ0v) is 13.6. The quantitative estimate of drug-likeness (QED) is 0.826. The molecule has 0 radical (unpaired) electrons. The minimum Gasteiger partial charge on any atom is -0.467 e. The molecule has 3 rings (SSSR count). The van der Waals surface area contributed by atoms with E-state index in [4.69, 9.17) is 4.42 Å². The van der Waals surface area contributed by atoms with Crippen LogP contribution in [-0.4, -0.2) is 25.0 Å². The maximum Gasteiger partial charge on any atom is 0.244 e. The molecule has 7 heteroatoms. The predicted molar refractivity (Wildman–Crippen MR) is 81.9 cm³/mol. The second kappa shape index (κ2) is 5.55. The molecule has 1 aromatic carbocycles. The average molecular weight is 374 g/mol. The lowest BCUT2D eigenvalue weighted by atomic mass is 10.4. The Morgan fingerprint density at radius 2 is 2.00 bits per heavy atom. The molecule has 1 atom stereocenters. The van der Waals surface area contributed by atoms with E-state index in [0.29, 0.717) is 17.2 Å². The molecule has 0 aliphatic carbocycles. The Morgan fingerprint density at radius 1 is 1.25 bits per heavy atom. The Balaban J connectivity index is 1.96. The van der Waals surface area contributed by atoms with Crippen LogP contribution in [0.15, 0.2) is 56.4 Å². The van der Waals surface area contributed by atoms with Crippen molar-refractivity contribution >= 4 is 37.7 Å². The van der Waals surface area contributed by atoms with Crippen molar-refractivity contribution in [1.29, 1.82) is 0 Å². The molecule has 1 aromatic heterocycles. The van der Waals surface area contributed by atoms with E-state index in [1.165, 1.54) is 4.31 Å². The smallest absolute Gasteiger partial charge is 0.244 e. The summed E-state index contributed by atoms with van der Waals surface area (Å²) in [7, 11) is -3.50. The van der Waals surface area contributed by atoms with Gasteiger partial charge in [0, 0.05) is 16.8 Å². The maximum atomic E-state index is 12.7. The summed E-state index contributed by atoms with van der Waals surface area (Å²) in [5.41, 5.74) is 0. The summed E-state index contributed by atoms with van der Waals surface area (Å²) in [5.74, 6) is 1.44. The Labute approximate surface area is 130 Å². The Morgan fingerprint density at radius 3 is 2.65 bits per heavy atom. The molecule has 106 valence electrons. The molecule has 1 aliphatic heterocycles.